The minimum atomic E-state index is -0.436. The fraction of sp³-hybridized carbons (Fsp3) is 0.0714. The van der Waals surface area contributed by atoms with Crippen molar-refractivity contribution in [2.75, 3.05) is 12.5 Å². The van der Waals surface area contributed by atoms with Crippen molar-refractivity contribution in [1.29, 1.82) is 0 Å². The van der Waals surface area contributed by atoms with Gasteiger partial charge < -0.3 is 4.74 Å². The smallest absolute Gasteiger partial charge is 0.278 e. The van der Waals surface area contributed by atoms with Gasteiger partial charge in [-0.15, -0.1) is 0 Å². The summed E-state index contributed by atoms with van der Waals surface area (Å²) in [4.78, 5) is 10.4. The molecule has 0 heterocycles. The number of nitrogens with zero attached hydrogens (tertiary/aromatic N) is 2. The molecular weight excluding hydrogens is 258 g/mol. The highest BCUT2D eigenvalue weighted by Crippen LogP contribution is 2.17. The molecule has 0 aliphatic heterocycles. The van der Waals surface area contributed by atoms with Gasteiger partial charge in [0.25, 0.3) is 5.69 Å². The fourth-order valence-electron chi connectivity index (χ4n) is 1.60. The van der Waals surface area contributed by atoms with E-state index in [0.29, 0.717) is 5.56 Å². The molecule has 0 aromatic heterocycles. The van der Waals surface area contributed by atoms with Crippen LogP contribution in [0.2, 0.25) is 0 Å². The lowest BCUT2D eigenvalue weighted by atomic mass is 10.2. The van der Waals surface area contributed by atoms with E-state index < -0.39 is 4.92 Å². The molecule has 0 saturated carbocycles. The van der Waals surface area contributed by atoms with Crippen LogP contribution in [0.25, 0.3) is 0 Å². The third-order valence-corrected chi connectivity index (χ3v) is 2.62. The third-order valence-electron chi connectivity index (χ3n) is 2.62. The molecule has 0 spiro atoms. The van der Waals surface area contributed by atoms with E-state index in [1.54, 1.807) is 49.6 Å². The molecule has 0 amide bonds. The molecule has 0 aliphatic rings. The Bertz CT molecular complexity index is 624. The molecule has 0 radical (unpaired) electrons. The summed E-state index contributed by atoms with van der Waals surface area (Å²) >= 11 is 0. The molecule has 102 valence electrons. The molecule has 2 aromatic rings. The topological polar surface area (TPSA) is 76.8 Å². The fourth-order valence-corrected chi connectivity index (χ4v) is 1.60. The lowest BCUT2D eigenvalue weighted by Crippen LogP contribution is -1.96. The molecule has 6 nitrogen and oxygen atoms in total. The Morgan fingerprint density at radius 1 is 1.20 bits per heavy atom. The van der Waals surface area contributed by atoms with Crippen molar-refractivity contribution in [3.05, 3.63) is 64.2 Å². The number of hydrogen-bond donors (Lipinski definition) is 1. The van der Waals surface area contributed by atoms with Crippen molar-refractivity contribution in [1.82, 2.24) is 0 Å². The molecule has 0 fully saturated rings. The van der Waals surface area contributed by atoms with Crippen molar-refractivity contribution in [2.24, 2.45) is 5.10 Å². The van der Waals surface area contributed by atoms with Crippen LogP contribution in [0.1, 0.15) is 5.56 Å². The van der Waals surface area contributed by atoms with Gasteiger partial charge >= 0.3 is 0 Å². The first-order valence-electron chi connectivity index (χ1n) is 5.87. The second kappa shape index (κ2) is 6.33. The van der Waals surface area contributed by atoms with E-state index in [4.69, 9.17) is 4.74 Å². The van der Waals surface area contributed by atoms with Crippen LogP contribution in [-0.4, -0.2) is 18.2 Å². The van der Waals surface area contributed by atoms with Gasteiger partial charge in [0.15, 0.2) is 0 Å². The Balaban J connectivity index is 2.08. The number of nitro benzene ring substituents is 1. The van der Waals surface area contributed by atoms with Crippen LogP contribution in [0, 0.1) is 10.1 Å². The van der Waals surface area contributed by atoms with Crippen LogP contribution < -0.4 is 10.2 Å². The normalized spacial score (nSPS) is 10.4. The number of hydrogen-bond acceptors (Lipinski definition) is 5. The van der Waals surface area contributed by atoms with E-state index in [9.17, 15) is 10.1 Å². The number of nitro groups is 1. The van der Waals surface area contributed by atoms with Gasteiger partial charge in [0, 0.05) is 6.07 Å². The molecule has 0 atom stereocenters. The van der Waals surface area contributed by atoms with Crippen molar-refractivity contribution < 1.29 is 9.66 Å². The maximum atomic E-state index is 10.8. The summed E-state index contributed by atoms with van der Waals surface area (Å²) in [7, 11) is 1.59. The first-order valence-corrected chi connectivity index (χ1v) is 5.87. The van der Waals surface area contributed by atoms with Gasteiger partial charge in [0.2, 0.25) is 0 Å². The Kier molecular flexibility index (Phi) is 4.28. The maximum absolute atomic E-state index is 10.8. The number of nitrogens with one attached hydrogen (secondary N) is 1. The van der Waals surface area contributed by atoms with Crippen LogP contribution in [0.3, 0.4) is 0 Å². The van der Waals surface area contributed by atoms with Crippen LogP contribution in [0.5, 0.6) is 5.75 Å². The monoisotopic (exact) mass is 271 g/mol. The zero-order valence-corrected chi connectivity index (χ0v) is 10.8. The predicted octanol–water partition coefficient (Wildman–Crippen LogP) is 3.05. The Morgan fingerprint density at radius 2 is 1.90 bits per heavy atom. The number of hydrazone groups is 1. The number of para-hydroxylation sites is 1. The van der Waals surface area contributed by atoms with Gasteiger partial charge in [-0.25, -0.2) is 0 Å². The van der Waals surface area contributed by atoms with Crippen molar-refractivity contribution in [2.45, 2.75) is 0 Å². The Hall–Kier alpha value is -2.89. The number of anilines is 1. The molecule has 2 rings (SSSR count). The van der Waals surface area contributed by atoms with Gasteiger partial charge in [-0.3, -0.25) is 15.5 Å². The van der Waals surface area contributed by atoms with Crippen LogP contribution in [0.15, 0.2) is 53.6 Å². The van der Waals surface area contributed by atoms with Gasteiger partial charge in [-0.2, -0.15) is 5.10 Å². The van der Waals surface area contributed by atoms with E-state index in [-0.39, 0.29) is 5.69 Å². The zero-order chi connectivity index (χ0) is 14.4. The largest absolute Gasteiger partial charge is 0.497 e. The van der Waals surface area contributed by atoms with Crippen molar-refractivity contribution >= 4 is 17.6 Å². The van der Waals surface area contributed by atoms with Gasteiger partial charge in [-0.1, -0.05) is 12.1 Å². The summed E-state index contributed by atoms with van der Waals surface area (Å²) in [6.07, 6.45) is 1.42. The Morgan fingerprint density at radius 3 is 2.55 bits per heavy atom. The maximum Gasteiger partial charge on any atom is 0.278 e. The molecule has 2 aromatic carbocycles. The lowest BCUT2D eigenvalue weighted by molar-refractivity contribution is -0.385. The lowest BCUT2D eigenvalue weighted by Gasteiger charge is -2.02. The number of methoxy groups -OCH3 is 1. The highest BCUT2D eigenvalue weighted by molar-refractivity contribution is 5.85. The van der Waals surface area contributed by atoms with E-state index in [0.717, 1.165) is 11.4 Å². The molecule has 0 unspecified atom stereocenters. The standard InChI is InChI=1S/C14H13N3O3/c1-20-13-8-6-12(7-9-13)16-15-10-11-4-2-3-5-14(11)17(18)19/h2-10,16H,1H3/b15-10+. The van der Waals surface area contributed by atoms with Crippen LogP contribution in [0.4, 0.5) is 11.4 Å². The van der Waals surface area contributed by atoms with E-state index in [1.807, 2.05) is 0 Å². The molecule has 20 heavy (non-hydrogen) atoms. The summed E-state index contributed by atoms with van der Waals surface area (Å²) in [5.74, 6) is 0.748. The quantitative estimate of drug-likeness (QED) is 0.515. The minimum absolute atomic E-state index is 0.0211. The second-order valence-electron chi connectivity index (χ2n) is 3.91. The zero-order valence-electron chi connectivity index (χ0n) is 10.8. The van der Waals surface area contributed by atoms with Gasteiger partial charge in [0.05, 0.1) is 29.5 Å². The van der Waals surface area contributed by atoms with Crippen LogP contribution >= 0.6 is 0 Å². The number of ether oxygens (including phenoxy) is 1. The SMILES string of the molecule is COc1ccc(N/N=C/c2ccccc2[N+](=O)[O-])cc1. The van der Waals surface area contributed by atoms with Crippen LogP contribution in [-0.2, 0) is 0 Å². The van der Waals surface area contributed by atoms with E-state index >= 15 is 0 Å². The van der Waals surface area contributed by atoms with Crippen molar-refractivity contribution in [3.8, 4) is 5.75 Å². The molecule has 0 bridgehead atoms. The first kappa shape index (κ1) is 13.5. The minimum Gasteiger partial charge on any atom is -0.497 e. The average molecular weight is 271 g/mol. The molecule has 1 N–H and O–H groups in total. The summed E-state index contributed by atoms with van der Waals surface area (Å²) in [6.45, 7) is 0. The Labute approximate surface area is 115 Å². The summed E-state index contributed by atoms with van der Waals surface area (Å²) in [5, 5.41) is 14.8. The highest BCUT2D eigenvalue weighted by atomic mass is 16.6. The number of benzene rings is 2. The van der Waals surface area contributed by atoms with E-state index in [1.165, 1.54) is 12.3 Å². The average Bonchev–Trinajstić information content (AvgIpc) is 2.48. The molecule has 0 saturated heterocycles. The summed E-state index contributed by atoms with van der Waals surface area (Å²) in [6, 6.07) is 13.6. The van der Waals surface area contributed by atoms with Crippen molar-refractivity contribution in [3.63, 3.8) is 0 Å². The van der Waals surface area contributed by atoms with Gasteiger partial charge in [0.1, 0.15) is 5.75 Å². The summed E-state index contributed by atoms with van der Waals surface area (Å²) < 4.78 is 5.04. The first-order chi connectivity index (χ1) is 9.70. The predicted molar refractivity (Wildman–Crippen MR) is 77.3 cm³/mol. The third kappa shape index (κ3) is 3.32. The van der Waals surface area contributed by atoms with Gasteiger partial charge in [-0.05, 0) is 30.3 Å². The highest BCUT2D eigenvalue weighted by Gasteiger charge is 2.09. The molecule has 6 heteroatoms. The molecular formula is C14H13N3O3. The molecule has 0 aliphatic carbocycles. The summed E-state index contributed by atoms with van der Waals surface area (Å²) in [5.41, 5.74) is 4.03. The second-order valence-corrected chi connectivity index (χ2v) is 3.91. The number of rotatable bonds is 5. The van der Waals surface area contributed by atoms with E-state index in [2.05, 4.69) is 10.5 Å².